The van der Waals surface area contributed by atoms with Gasteiger partial charge < -0.3 is 25.8 Å². The van der Waals surface area contributed by atoms with Crippen LogP contribution >= 0.6 is 23.2 Å². The van der Waals surface area contributed by atoms with Gasteiger partial charge in [0.05, 0.1) is 12.6 Å². The van der Waals surface area contributed by atoms with Gasteiger partial charge in [-0.25, -0.2) is 4.79 Å². The summed E-state index contributed by atoms with van der Waals surface area (Å²) in [5.74, 6) is -0.671. The van der Waals surface area contributed by atoms with Crippen LogP contribution in [0.2, 0.25) is 10.0 Å². The van der Waals surface area contributed by atoms with Crippen molar-refractivity contribution in [1.82, 2.24) is 16.0 Å². The van der Waals surface area contributed by atoms with Crippen LogP contribution in [0.4, 0.5) is 4.79 Å². The first-order chi connectivity index (χ1) is 19.1. The quantitative estimate of drug-likeness (QED) is 0.280. The number of hydrogen-bond acceptors (Lipinski definition) is 5. The molecule has 10 heteroatoms. The SMILES string of the molecule is CC(C)C[C@H](NC(=O)OC(c1ccc(Cl)cc1)C1(c2cccc(Cl)c2)CC1)C(=O)N[C@H](CO)C[C@@H]1CCNC1=O. The van der Waals surface area contributed by atoms with E-state index in [-0.39, 0.29) is 24.3 Å². The first-order valence-corrected chi connectivity index (χ1v) is 14.5. The maximum Gasteiger partial charge on any atom is 0.408 e. The van der Waals surface area contributed by atoms with Gasteiger partial charge in [-0.3, -0.25) is 9.59 Å². The molecule has 2 aliphatic rings. The summed E-state index contributed by atoms with van der Waals surface area (Å²) in [4.78, 5) is 38.6. The van der Waals surface area contributed by atoms with Gasteiger partial charge in [-0.1, -0.05) is 61.3 Å². The van der Waals surface area contributed by atoms with Gasteiger partial charge in [0.25, 0.3) is 0 Å². The third-order valence-corrected chi connectivity index (χ3v) is 8.19. The number of carbonyl (C=O) groups excluding carboxylic acids is 3. The molecule has 0 bridgehead atoms. The lowest BCUT2D eigenvalue weighted by molar-refractivity contribution is -0.126. The first-order valence-electron chi connectivity index (χ1n) is 13.8. The number of amides is 3. The molecule has 2 aromatic rings. The number of carbonyl (C=O) groups is 3. The average Bonchev–Trinajstić information content (AvgIpc) is 3.63. The van der Waals surface area contributed by atoms with Crippen LogP contribution in [-0.2, 0) is 19.7 Å². The fourth-order valence-electron chi connectivity index (χ4n) is 5.45. The summed E-state index contributed by atoms with van der Waals surface area (Å²) in [7, 11) is 0. The normalized spacial score (nSPS) is 19.9. The minimum Gasteiger partial charge on any atom is -0.440 e. The zero-order valence-electron chi connectivity index (χ0n) is 22.8. The standard InChI is InChI=1S/C30H37Cl2N3O5/c1-18(2)14-25(28(38)34-24(17-36)15-20-10-13-33-27(20)37)35-29(39)40-26(19-6-8-22(31)9-7-19)30(11-12-30)21-4-3-5-23(32)16-21/h3-9,16,18,20,24-26,36H,10-15,17H2,1-2H3,(H,33,37)(H,34,38)(H,35,39)/t20-,24-,25-,26?/m0/s1. The summed E-state index contributed by atoms with van der Waals surface area (Å²) >= 11 is 12.4. The highest BCUT2D eigenvalue weighted by Crippen LogP contribution is 2.58. The second kappa shape index (κ2) is 13.2. The molecule has 3 amide bonds. The fourth-order valence-corrected chi connectivity index (χ4v) is 5.77. The van der Waals surface area contributed by atoms with Gasteiger partial charge in [-0.2, -0.15) is 0 Å². The van der Waals surface area contributed by atoms with Gasteiger partial charge in [-0.05, 0) is 73.4 Å². The van der Waals surface area contributed by atoms with E-state index in [4.69, 9.17) is 27.9 Å². The third-order valence-electron chi connectivity index (χ3n) is 7.70. The van der Waals surface area contributed by atoms with Gasteiger partial charge in [-0.15, -0.1) is 0 Å². The van der Waals surface area contributed by atoms with E-state index >= 15 is 0 Å². The summed E-state index contributed by atoms with van der Waals surface area (Å²) < 4.78 is 6.09. The van der Waals surface area contributed by atoms with Crippen molar-refractivity contribution in [2.45, 2.75) is 69.6 Å². The van der Waals surface area contributed by atoms with Crippen molar-refractivity contribution < 1.29 is 24.2 Å². The zero-order chi connectivity index (χ0) is 28.9. The first kappa shape index (κ1) is 30.2. The zero-order valence-corrected chi connectivity index (χ0v) is 24.3. The van der Waals surface area contributed by atoms with E-state index in [2.05, 4.69) is 16.0 Å². The molecule has 2 aromatic carbocycles. The maximum absolute atomic E-state index is 13.4. The molecule has 1 saturated heterocycles. The highest BCUT2D eigenvalue weighted by Gasteiger charge is 2.53. The van der Waals surface area contributed by atoms with Crippen LogP contribution < -0.4 is 16.0 Å². The minimum atomic E-state index is -0.883. The largest absolute Gasteiger partial charge is 0.440 e. The fraction of sp³-hybridized carbons (Fsp3) is 0.500. The van der Waals surface area contributed by atoms with Crippen LogP contribution in [0.25, 0.3) is 0 Å². The summed E-state index contributed by atoms with van der Waals surface area (Å²) in [5.41, 5.74) is 1.32. The number of aliphatic hydroxyl groups excluding tert-OH is 1. The van der Waals surface area contributed by atoms with E-state index in [1.54, 1.807) is 18.2 Å². The number of alkyl carbamates (subject to hydrolysis) is 1. The van der Waals surface area contributed by atoms with Crippen molar-refractivity contribution in [3.8, 4) is 0 Å². The van der Waals surface area contributed by atoms with Gasteiger partial charge in [0, 0.05) is 27.9 Å². The van der Waals surface area contributed by atoms with E-state index in [1.165, 1.54) is 0 Å². The molecule has 1 saturated carbocycles. The third kappa shape index (κ3) is 7.47. The van der Waals surface area contributed by atoms with Crippen LogP contribution in [0.15, 0.2) is 48.5 Å². The Kier molecular flexibility index (Phi) is 9.98. The van der Waals surface area contributed by atoms with Crippen molar-refractivity contribution in [2.75, 3.05) is 13.2 Å². The molecule has 4 N–H and O–H groups in total. The van der Waals surface area contributed by atoms with E-state index in [0.29, 0.717) is 35.9 Å². The summed E-state index contributed by atoms with van der Waals surface area (Å²) in [6, 6.07) is 13.3. The smallest absolute Gasteiger partial charge is 0.408 e. The Balaban J connectivity index is 1.50. The van der Waals surface area contributed by atoms with Crippen LogP contribution in [0.1, 0.15) is 63.2 Å². The molecule has 1 aliphatic heterocycles. The van der Waals surface area contributed by atoms with Crippen LogP contribution in [0, 0.1) is 11.8 Å². The molecule has 1 heterocycles. The number of aliphatic hydroxyl groups is 1. The molecule has 40 heavy (non-hydrogen) atoms. The van der Waals surface area contributed by atoms with E-state index in [0.717, 1.165) is 24.0 Å². The molecule has 1 unspecified atom stereocenters. The molecule has 4 atom stereocenters. The van der Waals surface area contributed by atoms with Crippen LogP contribution in [0.3, 0.4) is 0 Å². The molecule has 0 aromatic heterocycles. The Bertz CT molecular complexity index is 1200. The van der Waals surface area contributed by atoms with E-state index < -0.39 is 35.6 Å². The molecule has 0 spiro atoms. The van der Waals surface area contributed by atoms with Crippen molar-refractivity contribution in [3.63, 3.8) is 0 Å². The molecular formula is C30H37Cl2N3O5. The van der Waals surface area contributed by atoms with Gasteiger partial charge >= 0.3 is 6.09 Å². The predicted octanol–water partition coefficient (Wildman–Crippen LogP) is 4.91. The summed E-state index contributed by atoms with van der Waals surface area (Å²) in [6.07, 6.45) is 1.61. The average molecular weight is 591 g/mol. The number of hydrogen-bond donors (Lipinski definition) is 4. The monoisotopic (exact) mass is 589 g/mol. The Morgan fingerprint density at radius 3 is 2.40 bits per heavy atom. The highest BCUT2D eigenvalue weighted by atomic mass is 35.5. The van der Waals surface area contributed by atoms with Gasteiger partial charge in [0.2, 0.25) is 11.8 Å². The predicted molar refractivity (Wildman–Crippen MR) is 154 cm³/mol. The molecular weight excluding hydrogens is 553 g/mol. The topological polar surface area (TPSA) is 117 Å². The molecule has 1 aliphatic carbocycles. The Morgan fingerprint density at radius 2 is 1.82 bits per heavy atom. The number of halogens is 2. The van der Waals surface area contributed by atoms with Crippen molar-refractivity contribution in [2.24, 2.45) is 11.8 Å². The van der Waals surface area contributed by atoms with Crippen molar-refractivity contribution in [3.05, 3.63) is 69.7 Å². The maximum atomic E-state index is 13.4. The lowest BCUT2D eigenvalue weighted by atomic mass is 9.86. The van der Waals surface area contributed by atoms with Crippen LogP contribution in [0.5, 0.6) is 0 Å². The van der Waals surface area contributed by atoms with Crippen molar-refractivity contribution >= 4 is 41.1 Å². The molecule has 8 nitrogen and oxygen atoms in total. The number of benzene rings is 2. The second-order valence-corrected chi connectivity index (χ2v) is 12.1. The van der Waals surface area contributed by atoms with Gasteiger partial charge in [0.15, 0.2) is 0 Å². The highest BCUT2D eigenvalue weighted by molar-refractivity contribution is 6.30. The lowest BCUT2D eigenvalue weighted by Crippen LogP contribution is -2.52. The molecule has 2 fully saturated rings. The van der Waals surface area contributed by atoms with Crippen LogP contribution in [-0.4, -0.2) is 48.2 Å². The molecule has 4 rings (SSSR count). The molecule has 216 valence electrons. The molecule has 0 radical (unpaired) electrons. The Labute approximate surface area is 245 Å². The number of ether oxygens (including phenoxy) is 1. The van der Waals surface area contributed by atoms with E-state index in [1.807, 2.05) is 44.2 Å². The number of nitrogens with one attached hydrogen (secondary N) is 3. The Hall–Kier alpha value is -2.81. The second-order valence-electron chi connectivity index (χ2n) is 11.2. The van der Waals surface area contributed by atoms with Gasteiger partial charge in [0.1, 0.15) is 12.1 Å². The lowest BCUT2D eigenvalue weighted by Gasteiger charge is -2.30. The minimum absolute atomic E-state index is 0.0740. The Morgan fingerprint density at radius 1 is 1.10 bits per heavy atom. The summed E-state index contributed by atoms with van der Waals surface area (Å²) in [6.45, 7) is 4.18. The number of rotatable bonds is 12. The summed E-state index contributed by atoms with van der Waals surface area (Å²) in [5, 5.41) is 19.4. The van der Waals surface area contributed by atoms with E-state index in [9.17, 15) is 19.5 Å². The van der Waals surface area contributed by atoms with Crippen molar-refractivity contribution in [1.29, 1.82) is 0 Å².